The molecule has 1 heteroatoms. The van der Waals surface area contributed by atoms with E-state index in [0.717, 1.165) is 17.4 Å². The van der Waals surface area contributed by atoms with Gasteiger partial charge in [0.1, 0.15) is 6.29 Å². The van der Waals surface area contributed by atoms with Crippen LogP contribution in [-0.4, -0.2) is 6.29 Å². The van der Waals surface area contributed by atoms with Gasteiger partial charge >= 0.3 is 0 Å². The van der Waals surface area contributed by atoms with Crippen molar-refractivity contribution in [1.29, 1.82) is 0 Å². The summed E-state index contributed by atoms with van der Waals surface area (Å²) in [6, 6.07) is 4.35. The molecule has 0 fully saturated rings. The van der Waals surface area contributed by atoms with Crippen molar-refractivity contribution in [3.63, 3.8) is 0 Å². The molecule has 0 unspecified atom stereocenters. The Kier molecular flexibility index (Phi) is 4.16. The molecule has 0 N–H and O–H groups in total. The summed E-state index contributed by atoms with van der Waals surface area (Å²) in [7, 11) is 0. The molecule has 0 atom stereocenters. The summed E-state index contributed by atoms with van der Waals surface area (Å²) in [4.78, 5) is 11.4. The fraction of sp³-hybridized carbons (Fsp3) is 0.471. The Hall–Kier alpha value is -1.37. The van der Waals surface area contributed by atoms with Gasteiger partial charge in [-0.3, -0.25) is 4.79 Å². The molecule has 0 saturated heterocycles. The maximum absolute atomic E-state index is 11.4. The minimum Gasteiger partial charge on any atom is -0.298 e. The first-order chi connectivity index (χ1) is 8.18. The van der Waals surface area contributed by atoms with Crippen LogP contribution in [0.25, 0.3) is 5.57 Å². The lowest BCUT2D eigenvalue weighted by molar-refractivity contribution is -0.105. The molecule has 0 aromatic heterocycles. The van der Waals surface area contributed by atoms with E-state index in [-0.39, 0.29) is 5.41 Å². The zero-order chi connectivity index (χ0) is 14.1. The third kappa shape index (κ3) is 2.90. The van der Waals surface area contributed by atoms with Gasteiger partial charge in [-0.1, -0.05) is 38.5 Å². The Labute approximate surface area is 111 Å². The number of carbonyl (C=O) groups excluding carboxylic acids is 1. The number of aryl methyl sites for hydroxylation is 3. The first kappa shape index (κ1) is 14.7. The molecular weight excluding hydrogens is 220 g/mol. The molecule has 0 aliphatic carbocycles. The third-order valence-corrected chi connectivity index (χ3v) is 3.38. The molecule has 0 bridgehead atoms. The van der Waals surface area contributed by atoms with Crippen LogP contribution in [0.15, 0.2) is 17.7 Å². The van der Waals surface area contributed by atoms with Crippen molar-refractivity contribution >= 4 is 11.9 Å². The molecule has 98 valence electrons. The van der Waals surface area contributed by atoms with Crippen LogP contribution in [0.1, 0.15) is 49.9 Å². The van der Waals surface area contributed by atoms with Crippen LogP contribution in [0.2, 0.25) is 0 Å². The number of hydrogen-bond acceptors (Lipinski definition) is 1. The molecule has 0 amide bonds. The van der Waals surface area contributed by atoms with Crippen molar-refractivity contribution in [2.45, 2.75) is 48.5 Å². The van der Waals surface area contributed by atoms with E-state index in [1.807, 2.05) is 0 Å². The molecule has 18 heavy (non-hydrogen) atoms. The van der Waals surface area contributed by atoms with Crippen molar-refractivity contribution in [2.24, 2.45) is 5.41 Å². The summed E-state index contributed by atoms with van der Waals surface area (Å²) in [6.45, 7) is 14.6. The van der Waals surface area contributed by atoms with Crippen molar-refractivity contribution in [1.82, 2.24) is 0 Å². The van der Waals surface area contributed by atoms with E-state index >= 15 is 0 Å². The molecule has 1 nitrogen and oxygen atoms in total. The Morgan fingerprint density at radius 1 is 1.06 bits per heavy atom. The van der Waals surface area contributed by atoms with Crippen LogP contribution < -0.4 is 0 Å². The van der Waals surface area contributed by atoms with Crippen LogP contribution in [-0.2, 0) is 4.79 Å². The van der Waals surface area contributed by atoms with Gasteiger partial charge in [0, 0.05) is 5.57 Å². The van der Waals surface area contributed by atoms with Gasteiger partial charge < -0.3 is 0 Å². The maximum Gasteiger partial charge on any atom is 0.146 e. The maximum atomic E-state index is 11.4. The lowest BCUT2D eigenvalue weighted by Gasteiger charge is -2.23. The highest BCUT2D eigenvalue weighted by atomic mass is 16.1. The smallest absolute Gasteiger partial charge is 0.146 e. The van der Waals surface area contributed by atoms with E-state index < -0.39 is 0 Å². The van der Waals surface area contributed by atoms with Crippen LogP contribution >= 0.6 is 0 Å². The SMILES string of the molecule is C/C(=C(/C=O)C(C)(C)C)c1c(C)cc(C)cc1C. The Balaban J connectivity index is 3.56. The van der Waals surface area contributed by atoms with Crippen molar-refractivity contribution < 1.29 is 4.79 Å². The number of rotatable bonds is 2. The fourth-order valence-corrected chi connectivity index (χ4v) is 2.73. The van der Waals surface area contributed by atoms with Crippen molar-refractivity contribution in [3.05, 3.63) is 40.0 Å². The summed E-state index contributed by atoms with van der Waals surface area (Å²) in [6.07, 6.45) is 1.01. The van der Waals surface area contributed by atoms with Gasteiger partial charge in [0.2, 0.25) is 0 Å². The lowest BCUT2D eigenvalue weighted by atomic mass is 9.81. The molecular formula is C17H24O. The normalized spacial score (nSPS) is 13.3. The molecule has 0 radical (unpaired) electrons. The monoisotopic (exact) mass is 244 g/mol. The van der Waals surface area contributed by atoms with Crippen molar-refractivity contribution in [3.8, 4) is 0 Å². The molecule has 1 rings (SSSR count). The van der Waals surface area contributed by atoms with Crippen LogP contribution in [0.4, 0.5) is 0 Å². The van der Waals surface area contributed by atoms with E-state index in [1.165, 1.54) is 22.3 Å². The van der Waals surface area contributed by atoms with Crippen molar-refractivity contribution in [2.75, 3.05) is 0 Å². The lowest BCUT2D eigenvalue weighted by Crippen LogP contribution is -2.13. The van der Waals surface area contributed by atoms with Crippen LogP contribution in [0, 0.1) is 26.2 Å². The Morgan fingerprint density at radius 3 is 1.83 bits per heavy atom. The average molecular weight is 244 g/mol. The molecule has 0 heterocycles. The predicted molar refractivity (Wildman–Crippen MR) is 78.8 cm³/mol. The zero-order valence-electron chi connectivity index (χ0n) is 12.6. The van der Waals surface area contributed by atoms with E-state index in [1.54, 1.807) is 0 Å². The second-order valence-corrected chi connectivity index (χ2v) is 6.18. The number of allylic oxidation sites excluding steroid dienone is 2. The topological polar surface area (TPSA) is 17.1 Å². The minimum absolute atomic E-state index is 0.115. The molecule has 0 saturated carbocycles. The molecule has 0 aliphatic rings. The van der Waals surface area contributed by atoms with Gasteiger partial charge in [-0.25, -0.2) is 0 Å². The number of benzene rings is 1. The summed E-state index contributed by atoms with van der Waals surface area (Å²) >= 11 is 0. The van der Waals surface area contributed by atoms with E-state index in [4.69, 9.17) is 0 Å². The van der Waals surface area contributed by atoms with E-state index in [2.05, 4.69) is 60.6 Å². The highest BCUT2D eigenvalue weighted by Gasteiger charge is 2.21. The minimum atomic E-state index is -0.115. The highest BCUT2D eigenvalue weighted by Crippen LogP contribution is 2.33. The van der Waals surface area contributed by atoms with Crippen LogP contribution in [0.5, 0.6) is 0 Å². The largest absolute Gasteiger partial charge is 0.298 e. The quantitative estimate of drug-likeness (QED) is 0.547. The molecule has 1 aromatic carbocycles. The van der Waals surface area contributed by atoms with Gasteiger partial charge in [0.05, 0.1) is 0 Å². The zero-order valence-corrected chi connectivity index (χ0v) is 12.6. The van der Waals surface area contributed by atoms with Gasteiger partial charge in [-0.05, 0) is 55.4 Å². The van der Waals surface area contributed by atoms with Gasteiger partial charge in [0.15, 0.2) is 0 Å². The Bertz CT molecular complexity index is 476. The van der Waals surface area contributed by atoms with Gasteiger partial charge in [0.25, 0.3) is 0 Å². The molecule has 1 aromatic rings. The second-order valence-electron chi connectivity index (χ2n) is 6.18. The highest BCUT2D eigenvalue weighted by molar-refractivity contribution is 5.90. The standard InChI is InChI=1S/C17H24O/c1-11-8-12(2)16(13(3)9-11)14(4)15(10-18)17(5,6)7/h8-10H,1-7H3/b15-14+. The molecule has 0 spiro atoms. The van der Waals surface area contributed by atoms with Gasteiger partial charge in [-0.2, -0.15) is 0 Å². The predicted octanol–water partition coefficient (Wildman–Crippen LogP) is 4.63. The first-order valence-electron chi connectivity index (χ1n) is 6.43. The van der Waals surface area contributed by atoms with E-state index in [0.29, 0.717) is 0 Å². The fourth-order valence-electron chi connectivity index (χ4n) is 2.73. The summed E-state index contributed by atoms with van der Waals surface area (Å²) in [5, 5.41) is 0. The van der Waals surface area contributed by atoms with E-state index in [9.17, 15) is 4.79 Å². The summed E-state index contributed by atoms with van der Waals surface area (Å²) in [5.41, 5.74) is 6.85. The summed E-state index contributed by atoms with van der Waals surface area (Å²) in [5.74, 6) is 0. The first-order valence-corrected chi connectivity index (χ1v) is 6.43. The average Bonchev–Trinajstić information content (AvgIpc) is 2.13. The molecule has 0 aliphatic heterocycles. The van der Waals surface area contributed by atoms with Gasteiger partial charge in [-0.15, -0.1) is 0 Å². The Morgan fingerprint density at radius 2 is 1.50 bits per heavy atom. The third-order valence-electron chi connectivity index (χ3n) is 3.38. The summed E-state index contributed by atoms with van der Waals surface area (Å²) < 4.78 is 0. The number of aldehydes is 1. The number of hydrogen-bond donors (Lipinski definition) is 0. The van der Waals surface area contributed by atoms with Crippen LogP contribution in [0.3, 0.4) is 0 Å². The second kappa shape index (κ2) is 5.09. The number of carbonyl (C=O) groups is 1.